The van der Waals surface area contributed by atoms with Crippen LogP contribution >= 0.6 is 0 Å². The number of nitrogens with zero attached hydrogens (tertiary/aromatic N) is 4. The smallest absolute Gasteiger partial charge is 0.337 e. The zero-order valence-electron chi connectivity index (χ0n) is 18.9. The molecular formula is C24H21FN6O4. The minimum Gasteiger partial charge on any atom is -0.465 e. The lowest BCUT2D eigenvalue weighted by Crippen LogP contribution is -2.28. The Morgan fingerprint density at radius 2 is 1.66 bits per heavy atom. The minimum atomic E-state index is -0.523. The predicted molar refractivity (Wildman–Crippen MR) is 122 cm³/mol. The van der Waals surface area contributed by atoms with E-state index in [0.717, 1.165) is 11.1 Å². The summed E-state index contributed by atoms with van der Waals surface area (Å²) >= 11 is 0. The summed E-state index contributed by atoms with van der Waals surface area (Å²) in [7, 11) is 1.30. The molecule has 0 unspecified atom stereocenters. The highest BCUT2D eigenvalue weighted by atomic mass is 19.1. The molecule has 0 aliphatic carbocycles. The quantitative estimate of drug-likeness (QED) is 0.392. The van der Waals surface area contributed by atoms with Gasteiger partial charge in [0.05, 0.1) is 12.7 Å². The molecule has 0 saturated carbocycles. The summed E-state index contributed by atoms with van der Waals surface area (Å²) in [6, 6.07) is 12.5. The maximum atomic E-state index is 13.5. The van der Waals surface area contributed by atoms with Crippen molar-refractivity contribution in [3.05, 3.63) is 94.3 Å². The monoisotopic (exact) mass is 476 g/mol. The Morgan fingerprint density at radius 1 is 0.971 bits per heavy atom. The highest BCUT2D eigenvalue weighted by Gasteiger charge is 2.18. The number of carbonyl (C=O) groups excluding carboxylic acids is 3. The van der Waals surface area contributed by atoms with Crippen molar-refractivity contribution in [3.63, 3.8) is 0 Å². The van der Waals surface area contributed by atoms with Crippen LogP contribution in [0.25, 0.3) is 5.78 Å². The maximum absolute atomic E-state index is 13.5. The second-order valence-electron chi connectivity index (χ2n) is 7.64. The number of fused-ring (bicyclic) bond motifs is 1. The third-order valence-electron chi connectivity index (χ3n) is 5.22. The highest BCUT2D eigenvalue weighted by molar-refractivity contribution is 5.98. The molecule has 11 heteroatoms. The Morgan fingerprint density at radius 3 is 2.37 bits per heavy atom. The highest BCUT2D eigenvalue weighted by Crippen LogP contribution is 2.11. The van der Waals surface area contributed by atoms with Crippen LogP contribution < -0.4 is 10.6 Å². The van der Waals surface area contributed by atoms with Crippen LogP contribution in [-0.4, -0.2) is 44.5 Å². The van der Waals surface area contributed by atoms with E-state index in [0.29, 0.717) is 11.1 Å². The zero-order chi connectivity index (χ0) is 24.9. The zero-order valence-corrected chi connectivity index (χ0v) is 18.9. The van der Waals surface area contributed by atoms with E-state index < -0.39 is 17.8 Å². The summed E-state index contributed by atoms with van der Waals surface area (Å²) in [5.41, 5.74) is 2.39. The van der Waals surface area contributed by atoms with Crippen molar-refractivity contribution < 1.29 is 23.5 Å². The van der Waals surface area contributed by atoms with Crippen molar-refractivity contribution >= 4 is 23.6 Å². The first kappa shape index (κ1) is 23.5. The minimum absolute atomic E-state index is 0.0167. The molecule has 178 valence electrons. The molecule has 0 radical (unpaired) electrons. The van der Waals surface area contributed by atoms with Crippen LogP contribution in [0, 0.1) is 12.7 Å². The van der Waals surface area contributed by atoms with E-state index in [1.165, 1.54) is 30.1 Å². The number of hydrogen-bond donors (Lipinski definition) is 2. The fourth-order valence-electron chi connectivity index (χ4n) is 3.33. The van der Waals surface area contributed by atoms with Crippen molar-refractivity contribution in [3.8, 4) is 0 Å². The number of rotatable bonds is 7. The Hall–Kier alpha value is -4.67. The Labute approximate surface area is 199 Å². The third-order valence-corrected chi connectivity index (χ3v) is 5.22. The van der Waals surface area contributed by atoms with Gasteiger partial charge in [0, 0.05) is 19.2 Å². The number of aryl methyl sites for hydroxylation is 1. The molecule has 0 atom stereocenters. The normalized spacial score (nSPS) is 10.7. The molecule has 0 spiro atoms. The number of hydrogen-bond acceptors (Lipinski definition) is 7. The SMILES string of the molecule is COC(=O)c1ccc(CNC(=O)c2cc(C(=O)NCc3ccc(F)c(C)c3)nc3ncnn23)cc1. The molecular weight excluding hydrogens is 455 g/mol. The van der Waals surface area contributed by atoms with Gasteiger partial charge in [0.15, 0.2) is 0 Å². The number of aromatic nitrogens is 4. The summed E-state index contributed by atoms with van der Waals surface area (Å²) in [5.74, 6) is -1.71. The van der Waals surface area contributed by atoms with E-state index in [4.69, 9.17) is 0 Å². The molecule has 35 heavy (non-hydrogen) atoms. The summed E-state index contributed by atoms with van der Waals surface area (Å²) in [6.07, 6.45) is 1.23. The number of amides is 2. The summed E-state index contributed by atoms with van der Waals surface area (Å²) < 4.78 is 19.4. The fourth-order valence-corrected chi connectivity index (χ4v) is 3.33. The Bertz CT molecular complexity index is 1420. The lowest BCUT2D eigenvalue weighted by molar-refractivity contribution is 0.0600. The first-order chi connectivity index (χ1) is 16.9. The molecule has 0 aliphatic rings. The molecule has 4 rings (SSSR count). The van der Waals surface area contributed by atoms with Gasteiger partial charge in [-0.1, -0.05) is 24.3 Å². The molecule has 2 heterocycles. The van der Waals surface area contributed by atoms with Gasteiger partial charge in [0.1, 0.15) is 23.5 Å². The second-order valence-corrected chi connectivity index (χ2v) is 7.64. The topological polar surface area (TPSA) is 128 Å². The first-order valence-electron chi connectivity index (χ1n) is 10.5. The Kier molecular flexibility index (Phi) is 6.76. The standard InChI is InChI=1S/C24H21FN6O4/c1-14-9-16(5-8-18(14)25)12-26-21(32)19-10-20(31-24(30-19)28-13-29-31)22(33)27-11-15-3-6-17(7-4-15)23(34)35-2/h3-10,13H,11-12H2,1-2H3,(H,26,32)(H,27,33). The van der Waals surface area contributed by atoms with Gasteiger partial charge in [-0.05, 0) is 41.8 Å². The van der Waals surface area contributed by atoms with Gasteiger partial charge >= 0.3 is 5.97 Å². The van der Waals surface area contributed by atoms with E-state index in [9.17, 15) is 18.8 Å². The summed E-state index contributed by atoms with van der Waals surface area (Å²) in [6.45, 7) is 1.96. The largest absolute Gasteiger partial charge is 0.465 e. The van der Waals surface area contributed by atoms with E-state index in [2.05, 4.69) is 30.4 Å². The molecule has 0 fully saturated rings. The van der Waals surface area contributed by atoms with Crippen LogP contribution in [0.4, 0.5) is 4.39 Å². The summed E-state index contributed by atoms with van der Waals surface area (Å²) in [5, 5.41) is 9.48. The van der Waals surface area contributed by atoms with E-state index >= 15 is 0 Å². The van der Waals surface area contributed by atoms with Gasteiger partial charge in [-0.15, -0.1) is 0 Å². The van der Waals surface area contributed by atoms with Gasteiger partial charge in [-0.2, -0.15) is 14.6 Å². The lowest BCUT2D eigenvalue weighted by Gasteiger charge is -2.10. The van der Waals surface area contributed by atoms with Crippen molar-refractivity contribution in [1.82, 2.24) is 30.2 Å². The van der Waals surface area contributed by atoms with E-state index in [1.54, 1.807) is 43.3 Å². The van der Waals surface area contributed by atoms with Crippen LogP contribution in [0.15, 0.2) is 54.9 Å². The van der Waals surface area contributed by atoms with Gasteiger partial charge in [0.2, 0.25) is 0 Å². The molecule has 0 aliphatic heterocycles. The van der Waals surface area contributed by atoms with Crippen LogP contribution in [-0.2, 0) is 17.8 Å². The number of ether oxygens (including phenoxy) is 1. The number of benzene rings is 2. The number of nitrogens with one attached hydrogen (secondary N) is 2. The number of halogens is 1. The molecule has 2 aromatic heterocycles. The first-order valence-corrected chi connectivity index (χ1v) is 10.5. The van der Waals surface area contributed by atoms with Crippen LogP contribution in [0.5, 0.6) is 0 Å². The van der Waals surface area contributed by atoms with Crippen molar-refractivity contribution in [1.29, 1.82) is 0 Å². The van der Waals surface area contributed by atoms with Gasteiger partial charge in [-0.25, -0.2) is 14.2 Å². The van der Waals surface area contributed by atoms with Crippen molar-refractivity contribution in [2.75, 3.05) is 7.11 Å². The molecule has 4 aromatic rings. The second kappa shape index (κ2) is 10.1. The number of methoxy groups -OCH3 is 1. The number of carbonyl (C=O) groups is 3. The van der Waals surface area contributed by atoms with Crippen molar-refractivity contribution in [2.45, 2.75) is 20.0 Å². The third kappa shape index (κ3) is 5.29. The molecule has 10 nitrogen and oxygen atoms in total. The summed E-state index contributed by atoms with van der Waals surface area (Å²) in [4.78, 5) is 45.3. The molecule has 0 bridgehead atoms. The fraction of sp³-hybridized carbons (Fsp3) is 0.167. The van der Waals surface area contributed by atoms with Crippen LogP contribution in [0.2, 0.25) is 0 Å². The van der Waals surface area contributed by atoms with Crippen molar-refractivity contribution in [2.24, 2.45) is 0 Å². The van der Waals surface area contributed by atoms with Gasteiger partial charge in [0.25, 0.3) is 17.6 Å². The predicted octanol–water partition coefficient (Wildman–Crippen LogP) is 2.22. The number of esters is 1. The van der Waals surface area contributed by atoms with Crippen LogP contribution in [0.1, 0.15) is 48.0 Å². The Balaban J connectivity index is 1.48. The average Bonchev–Trinajstić information content (AvgIpc) is 3.36. The van der Waals surface area contributed by atoms with E-state index in [-0.39, 0.29) is 36.1 Å². The van der Waals surface area contributed by atoms with Gasteiger partial charge < -0.3 is 15.4 Å². The lowest BCUT2D eigenvalue weighted by atomic mass is 10.1. The molecule has 2 N–H and O–H groups in total. The van der Waals surface area contributed by atoms with Gasteiger partial charge in [-0.3, -0.25) is 9.59 Å². The molecule has 0 saturated heterocycles. The van der Waals surface area contributed by atoms with Crippen LogP contribution in [0.3, 0.4) is 0 Å². The molecule has 2 aromatic carbocycles. The molecule has 2 amide bonds. The average molecular weight is 476 g/mol. The van der Waals surface area contributed by atoms with E-state index in [1.807, 2.05) is 0 Å². The maximum Gasteiger partial charge on any atom is 0.337 e.